The first-order valence-corrected chi connectivity index (χ1v) is 10.0. The van der Waals surface area contributed by atoms with Crippen molar-refractivity contribution < 1.29 is 17.6 Å². The van der Waals surface area contributed by atoms with Gasteiger partial charge in [0.2, 0.25) is 0 Å². The highest BCUT2D eigenvalue weighted by atomic mass is 32.2. The Bertz CT molecular complexity index is 759. The number of amidine groups is 1. The van der Waals surface area contributed by atoms with Crippen LogP contribution in [0.15, 0.2) is 29.3 Å². The number of carbonyl (C=O) groups is 1. The van der Waals surface area contributed by atoms with Gasteiger partial charge in [0.25, 0.3) is 5.91 Å². The van der Waals surface area contributed by atoms with Crippen LogP contribution >= 0.6 is 11.8 Å². The second-order valence-corrected chi connectivity index (χ2v) is 9.39. The second kappa shape index (κ2) is 5.90. The number of thioether (sulfide) groups is 1. The van der Waals surface area contributed by atoms with Gasteiger partial charge in [0.1, 0.15) is 5.82 Å². The van der Waals surface area contributed by atoms with E-state index in [-0.39, 0.29) is 40.4 Å². The van der Waals surface area contributed by atoms with Crippen molar-refractivity contribution in [1.29, 1.82) is 0 Å². The number of aliphatic imine (C=N–C) groups is 1. The molecule has 2 atom stereocenters. The summed E-state index contributed by atoms with van der Waals surface area (Å²) >= 11 is 1.32. The van der Waals surface area contributed by atoms with Gasteiger partial charge in [-0.1, -0.05) is 25.6 Å². The van der Waals surface area contributed by atoms with Crippen LogP contribution in [-0.4, -0.2) is 42.3 Å². The molecule has 3 rings (SSSR count). The smallest absolute Gasteiger partial charge is 0.250 e. The highest BCUT2D eigenvalue weighted by molar-refractivity contribution is 8.16. The summed E-state index contributed by atoms with van der Waals surface area (Å²) in [5, 5.41) is 0.351. The molecular weight excluding hydrogens is 339 g/mol. The average molecular weight is 356 g/mol. The second-order valence-electron chi connectivity index (χ2n) is 6.03. The number of anilines is 1. The van der Waals surface area contributed by atoms with Crippen LogP contribution in [0.1, 0.15) is 13.8 Å². The van der Waals surface area contributed by atoms with Crippen molar-refractivity contribution >= 4 is 38.4 Å². The summed E-state index contributed by atoms with van der Waals surface area (Å²) in [6, 6.07) is 5.53. The Morgan fingerprint density at radius 3 is 2.57 bits per heavy atom. The maximum absolute atomic E-state index is 13.2. The normalized spacial score (nSPS) is 27.7. The van der Waals surface area contributed by atoms with Gasteiger partial charge in [0.05, 0.1) is 17.5 Å². The van der Waals surface area contributed by atoms with Crippen molar-refractivity contribution in [1.82, 2.24) is 0 Å². The van der Waals surface area contributed by atoms with Gasteiger partial charge >= 0.3 is 0 Å². The molecule has 1 aromatic rings. The topological polar surface area (TPSA) is 66.8 Å². The molecule has 0 unspecified atom stereocenters. The molecule has 0 N–H and O–H groups in total. The van der Waals surface area contributed by atoms with Crippen LogP contribution in [0.2, 0.25) is 0 Å². The Hall–Kier alpha value is -1.41. The van der Waals surface area contributed by atoms with E-state index in [1.165, 1.54) is 23.9 Å². The lowest BCUT2D eigenvalue weighted by molar-refractivity contribution is -0.120. The molecule has 2 aliphatic heterocycles. The van der Waals surface area contributed by atoms with E-state index in [1.54, 1.807) is 30.9 Å². The van der Waals surface area contributed by atoms with Gasteiger partial charge < -0.3 is 4.90 Å². The Labute approximate surface area is 138 Å². The quantitative estimate of drug-likeness (QED) is 0.812. The van der Waals surface area contributed by atoms with Crippen LogP contribution < -0.4 is 4.90 Å². The zero-order valence-corrected chi connectivity index (χ0v) is 14.4. The zero-order chi connectivity index (χ0) is 16.8. The Morgan fingerprint density at radius 2 is 1.96 bits per heavy atom. The minimum atomic E-state index is -3.10. The molecule has 2 saturated heterocycles. The molecule has 1 amide bonds. The third-order valence-corrected chi connectivity index (χ3v) is 7.08. The van der Waals surface area contributed by atoms with E-state index in [0.717, 1.165) is 0 Å². The number of amides is 1. The summed E-state index contributed by atoms with van der Waals surface area (Å²) in [6.07, 6.45) is 0. The van der Waals surface area contributed by atoms with Crippen LogP contribution in [0.3, 0.4) is 0 Å². The first kappa shape index (κ1) is 16.4. The van der Waals surface area contributed by atoms with E-state index in [1.807, 2.05) is 0 Å². The van der Waals surface area contributed by atoms with Crippen LogP contribution in [0.5, 0.6) is 0 Å². The lowest BCUT2D eigenvalue weighted by atomic mass is 10.2. The van der Waals surface area contributed by atoms with E-state index >= 15 is 0 Å². The van der Waals surface area contributed by atoms with E-state index < -0.39 is 9.84 Å². The van der Waals surface area contributed by atoms with Gasteiger partial charge in [-0.2, -0.15) is 4.99 Å². The van der Waals surface area contributed by atoms with Crippen molar-refractivity contribution in [3.8, 4) is 0 Å². The van der Waals surface area contributed by atoms with E-state index in [0.29, 0.717) is 10.9 Å². The van der Waals surface area contributed by atoms with Gasteiger partial charge in [0.15, 0.2) is 15.0 Å². The van der Waals surface area contributed by atoms with Crippen LogP contribution in [0.4, 0.5) is 10.1 Å². The van der Waals surface area contributed by atoms with Crippen molar-refractivity contribution in [2.24, 2.45) is 10.9 Å². The fourth-order valence-corrected chi connectivity index (χ4v) is 6.61. The third kappa shape index (κ3) is 3.28. The maximum Gasteiger partial charge on any atom is 0.250 e. The monoisotopic (exact) mass is 356 g/mol. The molecule has 0 saturated carbocycles. The lowest BCUT2D eigenvalue weighted by Crippen LogP contribution is -2.37. The van der Waals surface area contributed by atoms with Crippen LogP contribution in [-0.2, 0) is 14.6 Å². The van der Waals surface area contributed by atoms with Gasteiger partial charge in [0, 0.05) is 16.9 Å². The minimum Gasteiger partial charge on any atom is -0.316 e. The molecule has 1 aromatic carbocycles. The molecule has 23 heavy (non-hydrogen) atoms. The van der Waals surface area contributed by atoms with Gasteiger partial charge in [-0.05, 0) is 24.3 Å². The third-order valence-electron chi connectivity index (χ3n) is 3.87. The highest BCUT2D eigenvalue weighted by Crippen LogP contribution is 2.41. The number of hydrogen-bond donors (Lipinski definition) is 0. The summed E-state index contributed by atoms with van der Waals surface area (Å²) in [7, 11) is -3.10. The molecule has 2 fully saturated rings. The first-order valence-electron chi connectivity index (χ1n) is 7.31. The number of fused-ring (bicyclic) bond motifs is 1. The minimum absolute atomic E-state index is 0.0247. The molecule has 0 spiro atoms. The van der Waals surface area contributed by atoms with Crippen molar-refractivity contribution in [3.05, 3.63) is 30.1 Å². The molecule has 0 bridgehead atoms. The summed E-state index contributed by atoms with van der Waals surface area (Å²) in [5.74, 6) is -0.746. The summed E-state index contributed by atoms with van der Waals surface area (Å²) in [5.41, 5.74) is 0.652. The number of sulfone groups is 1. The Morgan fingerprint density at radius 1 is 1.30 bits per heavy atom. The van der Waals surface area contributed by atoms with E-state index in [2.05, 4.69) is 4.99 Å². The molecule has 2 aliphatic rings. The number of nitrogens with zero attached hydrogens (tertiary/aromatic N) is 2. The zero-order valence-electron chi connectivity index (χ0n) is 12.8. The summed E-state index contributed by atoms with van der Waals surface area (Å²) in [6.45, 7) is 3.53. The number of benzene rings is 1. The molecule has 8 heteroatoms. The predicted molar refractivity (Wildman–Crippen MR) is 90.0 cm³/mol. The van der Waals surface area contributed by atoms with Crippen LogP contribution in [0, 0.1) is 11.7 Å². The number of carbonyl (C=O) groups excluding carboxylic acids is 1. The Balaban J connectivity index is 2.00. The predicted octanol–water partition coefficient (Wildman–Crippen LogP) is 2.08. The summed E-state index contributed by atoms with van der Waals surface area (Å²) in [4.78, 5) is 17.9. The van der Waals surface area contributed by atoms with E-state index in [9.17, 15) is 17.6 Å². The van der Waals surface area contributed by atoms with E-state index in [4.69, 9.17) is 0 Å². The largest absolute Gasteiger partial charge is 0.316 e. The molecule has 124 valence electrons. The summed E-state index contributed by atoms with van der Waals surface area (Å²) < 4.78 is 37.0. The fraction of sp³-hybridized carbons (Fsp3) is 0.467. The SMILES string of the molecule is CC(C)C(=O)N=C1S[C@H]2CS(=O)(=O)C[C@@H]2N1c1ccc(F)cc1. The molecule has 0 aliphatic carbocycles. The van der Waals surface area contributed by atoms with Crippen LogP contribution in [0.25, 0.3) is 0 Å². The molecule has 0 aromatic heterocycles. The van der Waals surface area contributed by atoms with Crippen molar-refractivity contribution in [3.63, 3.8) is 0 Å². The Kier molecular flexibility index (Phi) is 4.22. The maximum atomic E-state index is 13.2. The lowest BCUT2D eigenvalue weighted by Gasteiger charge is -2.24. The standard InChI is InChI=1S/C15H17FN2O3S2/c1-9(2)14(19)17-15-18(11-5-3-10(16)4-6-11)12-7-23(20,21)8-13(12)22-15/h3-6,9,12-13H,7-8H2,1-2H3/t12-,13-/m0/s1. The molecular formula is C15H17FN2O3S2. The number of halogens is 1. The fourth-order valence-electron chi connectivity index (χ4n) is 2.69. The van der Waals surface area contributed by atoms with Gasteiger partial charge in [-0.3, -0.25) is 4.79 Å². The highest BCUT2D eigenvalue weighted by Gasteiger charge is 2.49. The van der Waals surface area contributed by atoms with Crippen molar-refractivity contribution in [2.45, 2.75) is 25.1 Å². The first-order chi connectivity index (χ1) is 10.8. The molecule has 5 nitrogen and oxygen atoms in total. The molecule has 0 radical (unpaired) electrons. The average Bonchev–Trinajstić information content (AvgIpc) is 2.91. The van der Waals surface area contributed by atoms with Crippen molar-refractivity contribution in [2.75, 3.05) is 16.4 Å². The number of hydrogen-bond acceptors (Lipinski definition) is 4. The van der Waals surface area contributed by atoms with Gasteiger partial charge in [-0.25, -0.2) is 12.8 Å². The van der Waals surface area contributed by atoms with Gasteiger partial charge in [-0.15, -0.1) is 0 Å². The number of rotatable bonds is 2. The molecule has 2 heterocycles.